The summed E-state index contributed by atoms with van der Waals surface area (Å²) in [5.41, 5.74) is 0.907. The van der Waals surface area contributed by atoms with Crippen LogP contribution in [0.4, 0.5) is 0 Å². The van der Waals surface area contributed by atoms with E-state index in [0.29, 0.717) is 12.4 Å². The number of aliphatic hydroxyl groups excluding tert-OH is 1. The molecule has 1 aliphatic carbocycles. The minimum atomic E-state index is -0.0666. The molecule has 1 N–H and O–H groups in total. The number of hydrogen-bond acceptors (Lipinski definition) is 6. The number of carbonyl (C=O) groups is 1. The van der Waals surface area contributed by atoms with E-state index >= 15 is 0 Å². The lowest BCUT2D eigenvalue weighted by Crippen LogP contribution is -2.47. The maximum Gasteiger partial charge on any atom is 0.246 e. The Labute approximate surface area is 126 Å². The van der Waals surface area contributed by atoms with Gasteiger partial charge in [0.1, 0.15) is 6.54 Å². The van der Waals surface area contributed by atoms with E-state index in [1.807, 2.05) is 16.8 Å². The molecule has 0 aliphatic heterocycles. The molecular weight excluding hydrogens is 290 g/mol. The van der Waals surface area contributed by atoms with Gasteiger partial charge in [-0.1, -0.05) is 0 Å². The van der Waals surface area contributed by atoms with Crippen molar-refractivity contribution < 1.29 is 9.90 Å². The molecule has 0 spiro atoms. The second-order valence-corrected chi connectivity index (χ2v) is 5.83. The van der Waals surface area contributed by atoms with Crippen LogP contribution in [0.15, 0.2) is 16.8 Å². The van der Waals surface area contributed by atoms with Crippen molar-refractivity contribution >= 4 is 17.2 Å². The lowest BCUT2D eigenvalue weighted by Gasteiger charge is -2.37. The van der Waals surface area contributed by atoms with E-state index < -0.39 is 0 Å². The van der Waals surface area contributed by atoms with Gasteiger partial charge in [-0.15, -0.1) is 10.2 Å². The zero-order chi connectivity index (χ0) is 14.7. The molecule has 8 heteroatoms. The molecule has 1 aliphatic rings. The number of aliphatic hydroxyl groups is 1. The lowest BCUT2D eigenvalue weighted by atomic mass is 9.91. The standard InChI is InChI=1S/C13H17N5O2S/c19-6-5-17(11-2-1-3-11)12(20)8-18-15-13(14-16-18)10-4-7-21-9-10/h4,7,9,11,19H,1-3,5-6,8H2. The van der Waals surface area contributed by atoms with Crippen molar-refractivity contribution in [2.45, 2.75) is 31.8 Å². The number of tetrazole rings is 1. The Hall–Kier alpha value is -1.80. The summed E-state index contributed by atoms with van der Waals surface area (Å²) in [5, 5.41) is 25.1. The van der Waals surface area contributed by atoms with Crippen LogP contribution in [0.1, 0.15) is 19.3 Å². The van der Waals surface area contributed by atoms with Crippen molar-refractivity contribution in [2.24, 2.45) is 0 Å². The van der Waals surface area contributed by atoms with Gasteiger partial charge >= 0.3 is 0 Å². The normalized spacial score (nSPS) is 14.9. The molecule has 0 saturated heterocycles. The van der Waals surface area contributed by atoms with Crippen LogP contribution in [-0.4, -0.2) is 55.3 Å². The summed E-state index contributed by atoms with van der Waals surface area (Å²) < 4.78 is 0. The quantitative estimate of drug-likeness (QED) is 0.852. The second kappa shape index (κ2) is 6.31. The first-order valence-electron chi connectivity index (χ1n) is 6.98. The fourth-order valence-corrected chi connectivity index (χ4v) is 2.98. The maximum atomic E-state index is 12.3. The summed E-state index contributed by atoms with van der Waals surface area (Å²) >= 11 is 1.56. The highest BCUT2D eigenvalue weighted by Gasteiger charge is 2.28. The van der Waals surface area contributed by atoms with Gasteiger partial charge in [0.2, 0.25) is 11.7 Å². The van der Waals surface area contributed by atoms with Gasteiger partial charge in [-0.05, 0) is 35.9 Å². The molecule has 0 radical (unpaired) electrons. The van der Waals surface area contributed by atoms with E-state index in [1.165, 1.54) is 4.80 Å². The van der Waals surface area contributed by atoms with Crippen LogP contribution in [0, 0.1) is 0 Å². The molecule has 1 amide bonds. The van der Waals surface area contributed by atoms with Gasteiger partial charge in [0.25, 0.3) is 0 Å². The van der Waals surface area contributed by atoms with E-state index in [4.69, 9.17) is 5.11 Å². The van der Waals surface area contributed by atoms with Crippen LogP contribution in [-0.2, 0) is 11.3 Å². The van der Waals surface area contributed by atoms with E-state index in [9.17, 15) is 4.79 Å². The third kappa shape index (κ3) is 3.11. The summed E-state index contributed by atoms with van der Waals surface area (Å²) in [7, 11) is 0. The molecule has 0 bridgehead atoms. The largest absolute Gasteiger partial charge is 0.395 e. The SMILES string of the molecule is O=C(Cn1nnc(-c2ccsc2)n1)N(CCO)C1CCC1. The molecule has 2 aromatic rings. The molecule has 7 nitrogen and oxygen atoms in total. The minimum absolute atomic E-state index is 0.0207. The van der Waals surface area contributed by atoms with Crippen LogP contribution in [0.2, 0.25) is 0 Å². The van der Waals surface area contributed by atoms with Crippen molar-refractivity contribution in [3.05, 3.63) is 16.8 Å². The summed E-state index contributed by atoms with van der Waals surface area (Å²) in [5.74, 6) is 0.462. The van der Waals surface area contributed by atoms with Gasteiger partial charge in [0, 0.05) is 23.5 Å². The molecule has 0 aromatic carbocycles. The van der Waals surface area contributed by atoms with Crippen molar-refractivity contribution in [3.8, 4) is 11.4 Å². The number of carbonyl (C=O) groups excluding carboxylic acids is 1. The Morgan fingerprint density at radius 2 is 2.38 bits per heavy atom. The van der Waals surface area contributed by atoms with Gasteiger partial charge in [-0.25, -0.2) is 0 Å². The van der Waals surface area contributed by atoms with Crippen molar-refractivity contribution in [2.75, 3.05) is 13.2 Å². The van der Waals surface area contributed by atoms with Gasteiger partial charge in [0.15, 0.2) is 0 Å². The molecule has 112 valence electrons. The summed E-state index contributed by atoms with van der Waals surface area (Å²) in [4.78, 5) is 15.4. The van der Waals surface area contributed by atoms with E-state index in [-0.39, 0.29) is 25.1 Å². The summed E-state index contributed by atoms with van der Waals surface area (Å²) in [6.07, 6.45) is 3.16. The molecule has 21 heavy (non-hydrogen) atoms. The average molecular weight is 307 g/mol. The Kier molecular flexibility index (Phi) is 4.26. The molecular formula is C13H17N5O2S. The third-order valence-electron chi connectivity index (χ3n) is 3.69. The zero-order valence-electron chi connectivity index (χ0n) is 11.6. The van der Waals surface area contributed by atoms with E-state index in [0.717, 1.165) is 24.8 Å². The van der Waals surface area contributed by atoms with Gasteiger partial charge in [0.05, 0.1) is 6.61 Å². The Morgan fingerprint density at radius 3 is 3.00 bits per heavy atom. The predicted molar refractivity (Wildman–Crippen MR) is 77.6 cm³/mol. The number of aromatic nitrogens is 4. The highest BCUT2D eigenvalue weighted by atomic mass is 32.1. The van der Waals surface area contributed by atoms with E-state index in [2.05, 4.69) is 15.4 Å². The maximum absolute atomic E-state index is 12.3. The van der Waals surface area contributed by atoms with Crippen LogP contribution < -0.4 is 0 Å². The molecule has 2 aromatic heterocycles. The fraction of sp³-hybridized carbons (Fsp3) is 0.538. The highest BCUT2D eigenvalue weighted by molar-refractivity contribution is 7.08. The minimum Gasteiger partial charge on any atom is -0.395 e. The molecule has 3 rings (SSSR count). The number of amides is 1. The Balaban J connectivity index is 1.66. The first kappa shape index (κ1) is 14.2. The van der Waals surface area contributed by atoms with Crippen molar-refractivity contribution in [1.29, 1.82) is 0 Å². The van der Waals surface area contributed by atoms with Crippen LogP contribution >= 0.6 is 11.3 Å². The first-order valence-corrected chi connectivity index (χ1v) is 7.93. The highest BCUT2D eigenvalue weighted by Crippen LogP contribution is 2.24. The first-order chi connectivity index (χ1) is 10.3. The van der Waals surface area contributed by atoms with E-state index in [1.54, 1.807) is 16.2 Å². The number of nitrogens with zero attached hydrogens (tertiary/aromatic N) is 5. The molecule has 0 unspecified atom stereocenters. The van der Waals surface area contributed by atoms with Gasteiger partial charge in [-0.3, -0.25) is 4.79 Å². The third-order valence-corrected chi connectivity index (χ3v) is 4.37. The topological polar surface area (TPSA) is 84.1 Å². The lowest BCUT2D eigenvalue weighted by molar-refractivity contribution is -0.137. The fourth-order valence-electron chi connectivity index (χ4n) is 2.35. The summed E-state index contributed by atoms with van der Waals surface area (Å²) in [6, 6.07) is 2.17. The Bertz CT molecular complexity index is 593. The van der Waals surface area contributed by atoms with Crippen LogP contribution in [0.5, 0.6) is 0 Å². The van der Waals surface area contributed by atoms with Crippen LogP contribution in [0.3, 0.4) is 0 Å². The summed E-state index contributed by atoms with van der Waals surface area (Å²) in [6.45, 7) is 0.413. The molecule has 0 atom stereocenters. The van der Waals surface area contributed by atoms with Crippen molar-refractivity contribution in [1.82, 2.24) is 25.1 Å². The Morgan fingerprint density at radius 1 is 1.52 bits per heavy atom. The zero-order valence-corrected chi connectivity index (χ0v) is 12.4. The smallest absolute Gasteiger partial charge is 0.246 e. The number of hydrogen-bond donors (Lipinski definition) is 1. The molecule has 1 fully saturated rings. The number of thiophene rings is 1. The molecule has 2 heterocycles. The van der Waals surface area contributed by atoms with Gasteiger partial charge < -0.3 is 10.0 Å². The second-order valence-electron chi connectivity index (χ2n) is 5.05. The van der Waals surface area contributed by atoms with Gasteiger partial charge in [-0.2, -0.15) is 16.1 Å². The number of rotatable bonds is 6. The van der Waals surface area contributed by atoms with Crippen LogP contribution in [0.25, 0.3) is 11.4 Å². The average Bonchev–Trinajstić information content (AvgIpc) is 3.06. The predicted octanol–water partition coefficient (Wildman–Crippen LogP) is 0.775. The monoisotopic (exact) mass is 307 g/mol. The molecule has 1 saturated carbocycles. The van der Waals surface area contributed by atoms with Crippen molar-refractivity contribution in [3.63, 3.8) is 0 Å².